The van der Waals surface area contributed by atoms with Gasteiger partial charge in [-0.3, -0.25) is 4.99 Å². The molecular weight excluding hydrogens is 122 g/mol. The summed E-state index contributed by atoms with van der Waals surface area (Å²) in [6, 6.07) is 0. The first-order valence-corrected chi connectivity index (χ1v) is 3.22. The third-order valence-electron chi connectivity index (χ3n) is 1.27. The molecule has 0 unspecified atom stereocenters. The van der Waals surface area contributed by atoms with Crippen molar-refractivity contribution in [2.24, 2.45) is 4.99 Å². The van der Waals surface area contributed by atoms with Crippen LogP contribution in [0, 0.1) is 0 Å². The summed E-state index contributed by atoms with van der Waals surface area (Å²) in [5.74, 6) is 0. The zero-order chi connectivity index (χ0) is 7.98. The summed E-state index contributed by atoms with van der Waals surface area (Å²) in [5, 5.41) is 0. The van der Waals surface area contributed by atoms with Gasteiger partial charge < -0.3 is 0 Å². The molecule has 0 N–H and O–H groups in total. The van der Waals surface area contributed by atoms with Gasteiger partial charge in [-0.05, 0) is 26.1 Å². The predicted octanol–water partition coefficient (Wildman–Crippen LogP) is 2.72. The van der Waals surface area contributed by atoms with Crippen LogP contribution < -0.4 is 0 Å². The Morgan fingerprint density at radius 2 is 1.90 bits per heavy atom. The summed E-state index contributed by atoms with van der Waals surface area (Å²) < 4.78 is 0. The summed E-state index contributed by atoms with van der Waals surface area (Å²) >= 11 is 0. The van der Waals surface area contributed by atoms with E-state index < -0.39 is 0 Å². The Balaban J connectivity index is 4.58. The van der Waals surface area contributed by atoms with Gasteiger partial charge >= 0.3 is 0 Å². The van der Waals surface area contributed by atoms with E-state index in [0.29, 0.717) is 0 Å². The fraction of sp³-hybridized carbons (Fsp3) is 0.222. The Kier molecular flexibility index (Phi) is 4.21. The highest BCUT2D eigenvalue weighted by Gasteiger charge is 1.92. The van der Waals surface area contributed by atoms with E-state index in [9.17, 15) is 0 Å². The van der Waals surface area contributed by atoms with Gasteiger partial charge in [0.05, 0.1) is 5.70 Å². The summed E-state index contributed by atoms with van der Waals surface area (Å²) in [5.41, 5.74) is 1.91. The molecule has 0 saturated carbocycles. The van der Waals surface area contributed by atoms with E-state index in [-0.39, 0.29) is 0 Å². The highest BCUT2D eigenvalue weighted by Crippen LogP contribution is 2.10. The molecule has 0 aliphatic rings. The van der Waals surface area contributed by atoms with Crippen LogP contribution in [-0.2, 0) is 0 Å². The molecule has 0 bridgehead atoms. The summed E-state index contributed by atoms with van der Waals surface area (Å²) in [6.07, 6.45) is 5.63. The molecule has 0 amide bonds. The highest BCUT2D eigenvalue weighted by molar-refractivity contribution is 5.42. The Morgan fingerprint density at radius 3 is 2.00 bits per heavy atom. The first kappa shape index (κ1) is 8.89. The molecule has 0 aromatic carbocycles. The Morgan fingerprint density at radius 1 is 1.30 bits per heavy atom. The molecule has 10 heavy (non-hydrogen) atoms. The van der Waals surface area contributed by atoms with Gasteiger partial charge in [-0.1, -0.05) is 24.8 Å². The minimum atomic E-state index is 0.887. The molecule has 0 fully saturated rings. The number of rotatable bonds is 3. The molecular formula is C9H13N. The van der Waals surface area contributed by atoms with Crippen LogP contribution >= 0.6 is 0 Å². The van der Waals surface area contributed by atoms with Crippen LogP contribution in [-0.4, -0.2) is 6.72 Å². The van der Waals surface area contributed by atoms with Crippen molar-refractivity contribution in [2.45, 2.75) is 13.8 Å². The van der Waals surface area contributed by atoms with Crippen LogP contribution in [0.25, 0.3) is 0 Å². The van der Waals surface area contributed by atoms with E-state index in [2.05, 4.69) is 18.3 Å². The lowest BCUT2D eigenvalue weighted by Crippen LogP contribution is -1.79. The van der Waals surface area contributed by atoms with Crippen LogP contribution in [0.3, 0.4) is 0 Å². The van der Waals surface area contributed by atoms with Crippen molar-refractivity contribution in [1.82, 2.24) is 0 Å². The van der Waals surface area contributed by atoms with Crippen molar-refractivity contribution in [3.05, 3.63) is 36.1 Å². The Labute approximate surface area is 62.5 Å². The third kappa shape index (κ3) is 2.02. The summed E-state index contributed by atoms with van der Waals surface area (Å²) in [4.78, 5) is 3.82. The second kappa shape index (κ2) is 4.74. The summed E-state index contributed by atoms with van der Waals surface area (Å²) in [6.45, 7) is 11.0. The fourth-order valence-electron chi connectivity index (χ4n) is 0.720. The molecule has 54 valence electrons. The molecule has 0 aliphatic heterocycles. The lowest BCUT2D eigenvalue weighted by atomic mass is 10.2. The van der Waals surface area contributed by atoms with Crippen LogP contribution in [0.2, 0.25) is 0 Å². The molecule has 1 nitrogen and oxygen atoms in total. The van der Waals surface area contributed by atoms with E-state index in [1.807, 2.05) is 26.0 Å². The summed E-state index contributed by atoms with van der Waals surface area (Å²) in [7, 11) is 0. The first-order valence-electron chi connectivity index (χ1n) is 3.22. The Hall–Kier alpha value is -1.11. The second-order valence-corrected chi connectivity index (χ2v) is 1.78. The molecule has 0 saturated heterocycles. The Bertz CT molecular complexity index is 163. The van der Waals surface area contributed by atoms with Crippen molar-refractivity contribution in [3.63, 3.8) is 0 Å². The SMILES string of the molecule is C=CC(=C\C)/C(=C/C)N=C. The highest BCUT2D eigenvalue weighted by atomic mass is 14.7. The lowest BCUT2D eigenvalue weighted by Gasteiger charge is -1.98. The van der Waals surface area contributed by atoms with Gasteiger partial charge in [0.2, 0.25) is 0 Å². The zero-order valence-electron chi connectivity index (χ0n) is 6.59. The van der Waals surface area contributed by atoms with Crippen molar-refractivity contribution in [3.8, 4) is 0 Å². The molecule has 0 aliphatic carbocycles. The fourth-order valence-corrected chi connectivity index (χ4v) is 0.720. The van der Waals surface area contributed by atoms with E-state index >= 15 is 0 Å². The topological polar surface area (TPSA) is 12.4 Å². The van der Waals surface area contributed by atoms with Gasteiger partial charge in [0.1, 0.15) is 0 Å². The first-order chi connectivity index (χ1) is 4.79. The van der Waals surface area contributed by atoms with Crippen molar-refractivity contribution < 1.29 is 0 Å². The molecule has 0 spiro atoms. The minimum Gasteiger partial charge on any atom is -0.264 e. The van der Waals surface area contributed by atoms with Crippen molar-refractivity contribution in [2.75, 3.05) is 0 Å². The van der Waals surface area contributed by atoms with Gasteiger partial charge in [0, 0.05) is 0 Å². The molecule has 0 atom stereocenters. The number of allylic oxidation sites excluding steroid dienone is 3. The molecule has 0 radical (unpaired) electrons. The van der Waals surface area contributed by atoms with E-state index in [1.54, 1.807) is 6.08 Å². The van der Waals surface area contributed by atoms with Crippen LogP contribution in [0.1, 0.15) is 13.8 Å². The standard InChI is InChI=1S/C9H13N/c1-5-8(6-2)9(7-3)10-4/h5-7H,1,4H2,2-3H3/b8-6+,9-7-. The van der Waals surface area contributed by atoms with Gasteiger partial charge in [0.15, 0.2) is 0 Å². The maximum Gasteiger partial charge on any atom is 0.0648 e. The number of hydrogen-bond acceptors (Lipinski definition) is 1. The third-order valence-corrected chi connectivity index (χ3v) is 1.27. The zero-order valence-corrected chi connectivity index (χ0v) is 6.59. The van der Waals surface area contributed by atoms with Crippen LogP contribution in [0.4, 0.5) is 0 Å². The van der Waals surface area contributed by atoms with Gasteiger partial charge in [-0.2, -0.15) is 0 Å². The number of nitrogens with zero attached hydrogens (tertiary/aromatic N) is 1. The molecule has 0 aromatic rings. The predicted molar refractivity (Wildman–Crippen MR) is 47.3 cm³/mol. The largest absolute Gasteiger partial charge is 0.264 e. The van der Waals surface area contributed by atoms with Gasteiger partial charge in [-0.25, -0.2) is 0 Å². The number of aliphatic imine (C=N–C) groups is 1. The molecule has 0 heterocycles. The molecule has 1 heteroatoms. The average Bonchev–Trinajstić information content (AvgIpc) is 2.00. The quantitative estimate of drug-likeness (QED) is 0.417. The molecule has 0 aromatic heterocycles. The second-order valence-electron chi connectivity index (χ2n) is 1.78. The monoisotopic (exact) mass is 135 g/mol. The van der Waals surface area contributed by atoms with Crippen molar-refractivity contribution >= 4 is 6.72 Å². The van der Waals surface area contributed by atoms with E-state index in [0.717, 1.165) is 11.3 Å². The van der Waals surface area contributed by atoms with E-state index in [4.69, 9.17) is 0 Å². The normalized spacial score (nSPS) is 13.0. The minimum absolute atomic E-state index is 0.887. The van der Waals surface area contributed by atoms with Crippen molar-refractivity contribution in [1.29, 1.82) is 0 Å². The maximum atomic E-state index is 3.82. The van der Waals surface area contributed by atoms with Gasteiger partial charge in [0.25, 0.3) is 0 Å². The van der Waals surface area contributed by atoms with Gasteiger partial charge in [-0.15, -0.1) is 0 Å². The van der Waals surface area contributed by atoms with E-state index in [1.165, 1.54) is 0 Å². The average molecular weight is 135 g/mol. The van der Waals surface area contributed by atoms with Crippen LogP contribution in [0.15, 0.2) is 41.1 Å². The smallest absolute Gasteiger partial charge is 0.0648 e. The maximum absolute atomic E-state index is 3.82. The molecule has 0 rings (SSSR count). The lowest BCUT2D eigenvalue weighted by molar-refractivity contribution is 1.33. The number of hydrogen-bond donors (Lipinski definition) is 0. The van der Waals surface area contributed by atoms with Crippen LogP contribution in [0.5, 0.6) is 0 Å².